The molecule has 0 radical (unpaired) electrons. The molecule has 4 saturated heterocycles. The molecule has 0 unspecified atom stereocenters. The zero-order chi connectivity index (χ0) is 31.0. The van der Waals surface area contributed by atoms with Gasteiger partial charge in [0, 0.05) is 73.3 Å². The number of aromatic nitrogens is 5. The summed E-state index contributed by atoms with van der Waals surface area (Å²) < 4.78 is 26.5. The number of likely N-dealkylation sites (tertiary alicyclic amines) is 2. The molecule has 6 fully saturated rings. The van der Waals surface area contributed by atoms with Crippen LogP contribution in [0.25, 0.3) is 11.1 Å². The van der Waals surface area contributed by atoms with Crippen molar-refractivity contribution in [3.63, 3.8) is 0 Å². The molecule has 0 N–H and O–H groups in total. The van der Waals surface area contributed by atoms with E-state index in [-0.39, 0.29) is 11.2 Å². The number of anilines is 1. The van der Waals surface area contributed by atoms with Crippen molar-refractivity contribution in [1.29, 1.82) is 0 Å². The number of halogens is 1. The highest BCUT2D eigenvalue weighted by molar-refractivity contribution is 5.74. The molecule has 10 nitrogen and oxygen atoms in total. The second-order valence-corrected chi connectivity index (χ2v) is 15.6. The Morgan fingerprint density at radius 2 is 1.76 bits per heavy atom. The van der Waals surface area contributed by atoms with E-state index < -0.39 is 0 Å². The number of ether oxygens (including phenoxy) is 2. The van der Waals surface area contributed by atoms with Gasteiger partial charge in [-0.3, -0.25) is 9.80 Å². The zero-order valence-electron chi connectivity index (χ0n) is 26.8. The molecule has 1 aromatic carbocycles. The maximum atomic E-state index is 14.6. The van der Waals surface area contributed by atoms with Gasteiger partial charge in [0.25, 0.3) is 5.88 Å². The van der Waals surface area contributed by atoms with Crippen molar-refractivity contribution < 1.29 is 13.9 Å². The average Bonchev–Trinajstić information content (AvgIpc) is 3.72. The Kier molecular flexibility index (Phi) is 6.84. The Morgan fingerprint density at radius 3 is 2.50 bits per heavy atom. The monoisotopic (exact) mass is 626 g/mol. The highest BCUT2D eigenvalue weighted by Gasteiger charge is 2.56. The SMILES string of the molecule is CC(C)[C@@H](C1CC(N2CC3(COC3)C2)C1)N1CC2(CCN(c3ncnnc3Oc3ccc(F)cc3-c3cnncc3C3CC3)C2)C1. The highest BCUT2D eigenvalue weighted by Crippen LogP contribution is 2.50. The van der Waals surface area contributed by atoms with E-state index in [1.165, 1.54) is 44.4 Å². The number of hydrogen-bond donors (Lipinski definition) is 0. The molecule has 46 heavy (non-hydrogen) atoms. The normalized spacial score (nSPS) is 27.3. The predicted molar refractivity (Wildman–Crippen MR) is 170 cm³/mol. The summed E-state index contributed by atoms with van der Waals surface area (Å²) >= 11 is 0. The molecular formula is C35H43FN8O2. The lowest BCUT2D eigenvalue weighted by Crippen LogP contribution is -2.71. The third-order valence-electron chi connectivity index (χ3n) is 11.8. The Morgan fingerprint density at radius 1 is 0.957 bits per heavy atom. The van der Waals surface area contributed by atoms with Crippen LogP contribution in [-0.2, 0) is 4.74 Å². The lowest BCUT2D eigenvalue weighted by molar-refractivity contribution is -0.210. The highest BCUT2D eigenvalue weighted by atomic mass is 19.1. The molecule has 242 valence electrons. The first-order chi connectivity index (χ1) is 22.4. The van der Waals surface area contributed by atoms with Crippen molar-refractivity contribution >= 4 is 5.82 Å². The number of benzene rings is 1. The van der Waals surface area contributed by atoms with E-state index in [2.05, 4.69) is 53.9 Å². The summed E-state index contributed by atoms with van der Waals surface area (Å²) in [6.07, 6.45) is 11.0. The van der Waals surface area contributed by atoms with E-state index in [4.69, 9.17) is 9.47 Å². The van der Waals surface area contributed by atoms with E-state index in [1.807, 2.05) is 0 Å². The second kappa shape index (κ2) is 10.9. The first kappa shape index (κ1) is 28.9. The third kappa shape index (κ3) is 4.97. The van der Waals surface area contributed by atoms with Gasteiger partial charge in [-0.15, -0.1) is 10.2 Å². The van der Waals surface area contributed by atoms with Gasteiger partial charge in [-0.2, -0.15) is 10.2 Å². The minimum absolute atomic E-state index is 0.259. The summed E-state index contributed by atoms with van der Waals surface area (Å²) in [4.78, 5) is 12.4. The Hall–Kier alpha value is -3.28. The van der Waals surface area contributed by atoms with E-state index in [0.717, 1.165) is 81.7 Å². The fourth-order valence-corrected chi connectivity index (χ4v) is 9.24. The van der Waals surface area contributed by atoms with Crippen LogP contribution in [0.5, 0.6) is 11.6 Å². The molecule has 1 atom stereocenters. The van der Waals surface area contributed by atoms with Crippen LogP contribution in [0.4, 0.5) is 10.2 Å². The van der Waals surface area contributed by atoms with Crippen molar-refractivity contribution in [1.82, 2.24) is 35.2 Å². The van der Waals surface area contributed by atoms with Gasteiger partial charge in [0.2, 0.25) is 0 Å². The van der Waals surface area contributed by atoms with Gasteiger partial charge in [0.05, 0.1) is 25.6 Å². The van der Waals surface area contributed by atoms with Crippen LogP contribution < -0.4 is 9.64 Å². The standard InChI is InChI=1S/C35H43FN8O2/c1-22(2)31(24-9-26(10-24)43-17-35(18-43)19-45-20-35)44-15-34(16-44)7-8-42(14-34)32-33(41-40-21-37-32)46-30-6-5-25(36)11-27(30)29-13-39-38-12-28(29)23-3-4-23/h5-6,11-13,21-24,26,31H,3-4,7-10,14-20H2,1-2H3/t24?,26?,31-/m0/s1. The van der Waals surface area contributed by atoms with E-state index in [9.17, 15) is 4.39 Å². The van der Waals surface area contributed by atoms with Crippen LogP contribution in [0, 0.1) is 28.5 Å². The summed E-state index contributed by atoms with van der Waals surface area (Å²) in [5.74, 6) is 3.09. The molecule has 9 rings (SSSR count). The zero-order valence-corrected chi connectivity index (χ0v) is 26.8. The second-order valence-electron chi connectivity index (χ2n) is 15.6. The lowest BCUT2D eigenvalue weighted by Gasteiger charge is -2.62. The molecule has 0 amide bonds. The van der Waals surface area contributed by atoms with Crippen LogP contribution in [0.3, 0.4) is 0 Å². The molecule has 4 aliphatic heterocycles. The topological polar surface area (TPSA) is 92.6 Å². The first-order valence-electron chi connectivity index (χ1n) is 17.1. The van der Waals surface area contributed by atoms with Crippen molar-refractivity contribution in [2.75, 3.05) is 57.4 Å². The van der Waals surface area contributed by atoms with Crippen LogP contribution in [0.15, 0.2) is 36.9 Å². The van der Waals surface area contributed by atoms with Crippen molar-refractivity contribution in [2.45, 2.75) is 64.0 Å². The Bertz CT molecular complexity index is 1610. The van der Waals surface area contributed by atoms with Crippen LogP contribution in [-0.4, -0.2) is 99.7 Å². The maximum absolute atomic E-state index is 14.6. The van der Waals surface area contributed by atoms with Crippen LogP contribution >= 0.6 is 0 Å². The number of nitrogens with zero attached hydrogens (tertiary/aromatic N) is 8. The lowest BCUT2D eigenvalue weighted by atomic mass is 9.66. The van der Waals surface area contributed by atoms with Crippen LogP contribution in [0.1, 0.15) is 57.4 Å². The molecule has 2 aromatic heterocycles. The summed E-state index contributed by atoms with van der Waals surface area (Å²) in [6, 6.07) is 6.01. The summed E-state index contributed by atoms with van der Waals surface area (Å²) in [5.41, 5.74) is 3.33. The summed E-state index contributed by atoms with van der Waals surface area (Å²) in [6.45, 7) is 13.3. The molecule has 0 bridgehead atoms. The average molecular weight is 627 g/mol. The molecule has 11 heteroatoms. The molecule has 6 heterocycles. The predicted octanol–water partition coefficient (Wildman–Crippen LogP) is 4.78. The van der Waals surface area contributed by atoms with E-state index >= 15 is 0 Å². The Balaban J connectivity index is 0.872. The minimum atomic E-state index is -0.329. The molecule has 6 aliphatic rings. The molecule has 2 spiro atoms. The summed E-state index contributed by atoms with van der Waals surface area (Å²) in [5, 5.41) is 16.7. The van der Waals surface area contributed by atoms with Gasteiger partial charge in [-0.1, -0.05) is 13.8 Å². The van der Waals surface area contributed by atoms with Gasteiger partial charge in [0.1, 0.15) is 17.9 Å². The van der Waals surface area contributed by atoms with Crippen molar-refractivity contribution in [3.8, 4) is 22.8 Å². The largest absolute Gasteiger partial charge is 0.434 e. The van der Waals surface area contributed by atoms with E-state index in [1.54, 1.807) is 18.5 Å². The number of rotatable bonds is 9. The van der Waals surface area contributed by atoms with Crippen molar-refractivity contribution in [3.05, 3.63) is 48.3 Å². The smallest absolute Gasteiger partial charge is 0.282 e. The molecular weight excluding hydrogens is 583 g/mol. The van der Waals surface area contributed by atoms with Gasteiger partial charge in [0.15, 0.2) is 5.82 Å². The van der Waals surface area contributed by atoms with Gasteiger partial charge >= 0.3 is 0 Å². The molecule has 2 saturated carbocycles. The van der Waals surface area contributed by atoms with E-state index in [0.29, 0.717) is 46.3 Å². The molecule has 2 aliphatic carbocycles. The van der Waals surface area contributed by atoms with Gasteiger partial charge in [-0.05, 0) is 73.6 Å². The van der Waals surface area contributed by atoms with Crippen molar-refractivity contribution in [2.24, 2.45) is 22.7 Å². The minimum Gasteiger partial charge on any atom is -0.434 e. The van der Waals surface area contributed by atoms with Crippen LogP contribution in [0.2, 0.25) is 0 Å². The maximum Gasteiger partial charge on any atom is 0.282 e. The fraction of sp³-hybridized carbons (Fsp3) is 0.629. The fourth-order valence-electron chi connectivity index (χ4n) is 9.24. The Labute approximate surface area is 269 Å². The molecule has 3 aromatic rings. The first-order valence-corrected chi connectivity index (χ1v) is 17.1. The van der Waals surface area contributed by atoms with Gasteiger partial charge in [-0.25, -0.2) is 9.37 Å². The van der Waals surface area contributed by atoms with Gasteiger partial charge < -0.3 is 14.4 Å². The third-order valence-corrected chi connectivity index (χ3v) is 11.8. The summed E-state index contributed by atoms with van der Waals surface area (Å²) in [7, 11) is 0. The quantitative estimate of drug-likeness (QED) is 0.330. The number of hydrogen-bond acceptors (Lipinski definition) is 10.